The second-order valence-corrected chi connectivity index (χ2v) is 8.25. The lowest BCUT2D eigenvalue weighted by Gasteiger charge is -2.21. The maximum absolute atomic E-state index is 13.5. The number of aliphatic hydroxyl groups is 1. The quantitative estimate of drug-likeness (QED) is 0.419. The first kappa shape index (κ1) is 22.5. The molecule has 0 aliphatic carbocycles. The maximum Gasteiger partial charge on any atom is 0.257 e. The summed E-state index contributed by atoms with van der Waals surface area (Å²) >= 11 is 0. The fourth-order valence-corrected chi connectivity index (χ4v) is 4.19. The van der Waals surface area contributed by atoms with Gasteiger partial charge in [0, 0.05) is 17.5 Å². The van der Waals surface area contributed by atoms with Crippen molar-refractivity contribution in [3.63, 3.8) is 0 Å². The third-order valence-corrected chi connectivity index (χ3v) is 6.00. The average molecular weight is 469 g/mol. The molecule has 2 heterocycles. The van der Waals surface area contributed by atoms with Crippen LogP contribution < -0.4 is 0 Å². The van der Waals surface area contributed by atoms with Crippen LogP contribution in [0, 0.1) is 0 Å². The SMILES string of the molecule is CON=C1C[C@@H](c2noc(-c3ccc(CO)cc3)n2)N(C(=O)c2ccc(-c3ccccc3)cc2)C1. The van der Waals surface area contributed by atoms with Crippen molar-refractivity contribution in [3.8, 4) is 22.6 Å². The van der Waals surface area contributed by atoms with Crippen molar-refractivity contribution in [2.24, 2.45) is 5.16 Å². The Hall–Kier alpha value is -4.30. The van der Waals surface area contributed by atoms with Crippen LogP contribution in [0.2, 0.25) is 0 Å². The number of oxime groups is 1. The van der Waals surface area contributed by atoms with E-state index in [0.717, 1.165) is 28.0 Å². The number of rotatable bonds is 6. The van der Waals surface area contributed by atoms with E-state index >= 15 is 0 Å². The summed E-state index contributed by atoms with van der Waals surface area (Å²) in [6.07, 6.45) is 0.449. The van der Waals surface area contributed by atoms with Crippen LogP contribution in [-0.2, 0) is 11.4 Å². The fraction of sp³-hybridized carbons (Fsp3) is 0.185. The third kappa shape index (κ3) is 4.69. The zero-order valence-electron chi connectivity index (χ0n) is 19.2. The van der Waals surface area contributed by atoms with Crippen LogP contribution >= 0.6 is 0 Å². The molecule has 176 valence electrons. The van der Waals surface area contributed by atoms with Crippen molar-refractivity contribution < 1.29 is 19.3 Å². The van der Waals surface area contributed by atoms with Gasteiger partial charge in [-0.3, -0.25) is 4.79 Å². The molecule has 3 aromatic carbocycles. The monoisotopic (exact) mass is 468 g/mol. The van der Waals surface area contributed by atoms with Crippen molar-refractivity contribution in [1.29, 1.82) is 0 Å². The highest BCUT2D eigenvalue weighted by atomic mass is 16.6. The summed E-state index contributed by atoms with van der Waals surface area (Å²) in [7, 11) is 1.48. The molecule has 0 bridgehead atoms. The standard InChI is InChI=1S/C27H24N4O4/c1-34-29-23-15-24(25-28-26(35-30-25)21-9-7-18(17-32)8-10-21)31(16-23)27(33)22-13-11-20(12-14-22)19-5-3-2-4-6-19/h2-14,24,32H,15-17H2,1H3/t24-/m0/s1. The van der Waals surface area contributed by atoms with Gasteiger partial charge in [0.2, 0.25) is 0 Å². The van der Waals surface area contributed by atoms with Gasteiger partial charge < -0.3 is 19.4 Å². The second-order valence-electron chi connectivity index (χ2n) is 8.25. The van der Waals surface area contributed by atoms with E-state index in [1.54, 1.807) is 17.0 Å². The van der Waals surface area contributed by atoms with Gasteiger partial charge in [-0.05, 0) is 41.0 Å². The van der Waals surface area contributed by atoms with E-state index in [-0.39, 0.29) is 12.5 Å². The van der Waals surface area contributed by atoms with E-state index in [2.05, 4.69) is 15.3 Å². The van der Waals surface area contributed by atoms with Crippen LogP contribution in [0.5, 0.6) is 0 Å². The summed E-state index contributed by atoms with van der Waals surface area (Å²) in [6.45, 7) is 0.273. The maximum atomic E-state index is 13.5. The predicted octanol–water partition coefficient (Wildman–Crippen LogP) is 4.49. The lowest BCUT2D eigenvalue weighted by atomic mass is 10.0. The van der Waals surface area contributed by atoms with Crippen LogP contribution in [0.3, 0.4) is 0 Å². The minimum Gasteiger partial charge on any atom is -0.399 e. The summed E-state index contributed by atoms with van der Waals surface area (Å²) in [4.78, 5) is 24.7. The number of likely N-dealkylation sites (tertiary alicyclic amines) is 1. The number of hydrogen-bond acceptors (Lipinski definition) is 7. The first-order valence-electron chi connectivity index (χ1n) is 11.3. The van der Waals surface area contributed by atoms with Crippen molar-refractivity contribution in [2.45, 2.75) is 19.1 Å². The van der Waals surface area contributed by atoms with E-state index in [1.807, 2.05) is 66.7 Å². The molecule has 1 atom stereocenters. The van der Waals surface area contributed by atoms with E-state index < -0.39 is 6.04 Å². The highest BCUT2D eigenvalue weighted by Crippen LogP contribution is 2.32. The number of nitrogens with zero attached hydrogens (tertiary/aromatic N) is 4. The highest BCUT2D eigenvalue weighted by molar-refractivity contribution is 6.00. The molecule has 8 heteroatoms. The largest absolute Gasteiger partial charge is 0.399 e. The summed E-state index contributed by atoms with van der Waals surface area (Å²) in [5, 5.41) is 17.5. The van der Waals surface area contributed by atoms with Crippen LogP contribution in [0.4, 0.5) is 0 Å². The molecule has 1 fully saturated rings. The molecule has 8 nitrogen and oxygen atoms in total. The number of aliphatic hydroxyl groups excluding tert-OH is 1. The molecule has 5 rings (SSSR count). The van der Waals surface area contributed by atoms with Crippen LogP contribution in [-0.4, -0.2) is 45.4 Å². The Morgan fingerprint density at radius 1 is 1.03 bits per heavy atom. The Morgan fingerprint density at radius 3 is 2.40 bits per heavy atom. The topological polar surface area (TPSA) is 101 Å². The Bertz CT molecular complexity index is 1330. The molecule has 0 saturated carbocycles. The first-order chi connectivity index (χ1) is 17.2. The van der Waals surface area contributed by atoms with Crippen LogP contribution in [0.25, 0.3) is 22.6 Å². The smallest absolute Gasteiger partial charge is 0.257 e. The Kier molecular flexibility index (Phi) is 6.36. The summed E-state index contributed by atoms with van der Waals surface area (Å²) < 4.78 is 5.50. The van der Waals surface area contributed by atoms with Crippen molar-refractivity contribution in [1.82, 2.24) is 15.0 Å². The van der Waals surface area contributed by atoms with E-state index in [1.165, 1.54) is 7.11 Å². The number of carbonyl (C=O) groups is 1. The van der Waals surface area contributed by atoms with E-state index in [9.17, 15) is 9.90 Å². The molecule has 1 aromatic heterocycles. The predicted molar refractivity (Wildman–Crippen MR) is 130 cm³/mol. The van der Waals surface area contributed by atoms with Crippen molar-refractivity contribution in [3.05, 3.63) is 95.8 Å². The summed E-state index contributed by atoms with van der Waals surface area (Å²) in [5.41, 5.74) is 4.95. The molecule has 1 aliphatic heterocycles. The van der Waals surface area contributed by atoms with Crippen molar-refractivity contribution >= 4 is 11.6 Å². The highest BCUT2D eigenvalue weighted by Gasteiger charge is 2.38. The van der Waals surface area contributed by atoms with Crippen LogP contribution in [0.1, 0.15) is 34.2 Å². The molecule has 1 aliphatic rings. The van der Waals surface area contributed by atoms with E-state index in [4.69, 9.17) is 9.36 Å². The fourth-order valence-electron chi connectivity index (χ4n) is 4.19. The molecule has 0 radical (unpaired) electrons. The molecule has 4 aromatic rings. The van der Waals surface area contributed by atoms with E-state index in [0.29, 0.717) is 30.2 Å². The first-order valence-corrected chi connectivity index (χ1v) is 11.3. The van der Waals surface area contributed by atoms with Gasteiger partial charge in [0.1, 0.15) is 13.2 Å². The zero-order chi connectivity index (χ0) is 24.2. The number of carbonyl (C=O) groups excluding carboxylic acids is 1. The zero-order valence-corrected chi connectivity index (χ0v) is 19.2. The number of hydrogen-bond donors (Lipinski definition) is 1. The van der Waals surface area contributed by atoms with Crippen LogP contribution in [0.15, 0.2) is 88.5 Å². The van der Waals surface area contributed by atoms with Gasteiger partial charge in [-0.1, -0.05) is 64.9 Å². The number of benzene rings is 3. The molecular formula is C27H24N4O4. The Labute approximate surface area is 202 Å². The van der Waals surface area contributed by atoms with Gasteiger partial charge in [0.25, 0.3) is 11.8 Å². The molecule has 1 saturated heterocycles. The second kappa shape index (κ2) is 9.90. The Balaban J connectivity index is 1.40. The lowest BCUT2D eigenvalue weighted by Crippen LogP contribution is -2.31. The molecule has 0 unspecified atom stereocenters. The molecular weight excluding hydrogens is 444 g/mol. The Morgan fingerprint density at radius 2 is 1.71 bits per heavy atom. The lowest BCUT2D eigenvalue weighted by molar-refractivity contribution is 0.0732. The van der Waals surface area contributed by atoms with Gasteiger partial charge in [-0.15, -0.1) is 0 Å². The van der Waals surface area contributed by atoms with Gasteiger partial charge >= 0.3 is 0 Å². The normalized spacial score (nSPS) is 16.6. The minimum atomic E-state index is -0.431. The van der Waals surface area contributed by atoms with Gasteiger partial charge in [-0.25, -0.2) is 0 Å². The summed E-state index contributed by atoms with van der Waals surface area (Å²) in [5.74, 6) is 0.609. The van der Waals surface area contributed by atoms with Gasteiger partial charge in [0.05, 0.1) is 18.9 Å². The van der Waals surface area contributed by atoms with Crippen molar-refractivity contribution in [2.75, 3.05) is 13.7 Å². The molecule has 1 N–H and O–H groups in total. The summed E-state index contributed by atoms with van der Waals surface area (Å²) in [6, 6.07) is 24.4. The molecule has 1 amide bonds. The third-order valence-electron chi connectivity index (χ3n) is 6.00. The molecule has 35 heavy (non-hydrogen) atoms. The van der Waals surface area contributed by atoms with Gasteiger partial charge in [0.15, 0.2) is 5.82 Å². The molecule has 0 spiro atoms. The van der Waals surface area contributed by atoms with Gasteiger partial charge in [-0.2, -0.15) is 4.98 Å². The average Bonchev–Trinajstić information content (AvgIpc) is 3.57. The minimum absolute atomic E-state index is 0.0392. The number of amides is 1. The number of aromatic nitrogens is 2.